The molecule has 4 N–H and O–H groups in total. The molecule has 2 aromatic heterocycles. The van der Waals surface area contributed by atoms with Gasteiger partial charge in [0.05, 0.1) is 37.3 Å². The van der Waals surface area contributed by atoms with E-state index in [1.165, 1.54) is 20.3 Å². The lowest BCUT2D eigenvalue weighted by Crippen LogP contribution is -2.54. The van der Waals surface area contributed by atoms with E-state index in [9.17, 15) is 19.2 Å². The van der Waals surface area contributed by atoms with Crippen LogP contribution in [-0.2, 0) is 25.0 Å². The first kappa shape index (κ1) is 43.8. The molecule has 6 atom stereocenters. The van der Waals surface area contributed by atoms with Crippen molar-refractivity contribution in [2.45, 2.75) is 102 Å². The molecular formula is C49H53ClF2N8O6. The topological polar surface area (TPSA) is 175 Å². The molecule has 4 amide bonds. The highest BCUT2D eigenvalue weighted by molar-refractivity contribution is 6.32. The number of aromatic nitrogens is 4. The van der Waals surface area contributed by atoms with Gasteiger partial charge in [0.25, 0.3) is 5.92 Å². The number of hydrogen-bond donors (Lipinski definition) is 4. The number of methoxy groups -OCH3 is 2. The van der Waals surface area contributed by atoms with Crippen LogP contribution in [0.3, 0.4) is 0 Å². The highest BCUT2D eigenvalue weighted by atomic mass is 35.5. The van der Waals surface area contributed by atoms with Crippen molar-refractivity contribution in [1.29, 1.82) is 0 Å². The molecule has 10 rings (SSSR count). The molecule has 2 saturated heterocycles. The van der Waals surface area contributed by atoms with E-state index >= 15 is 8.78 Å². The lowest BCUT2D eigenvalue weighted by atomic mass is 9.95. The predicted molar refractivity (Wildman–Crippen MR) is 242 cm³/mol. The van der Waals surface area contributed by atoms with Gasteiger partial charge >= 0.3 is 12.2 Å². The van der Waals surface area contributed by atoms with Crippen LogP contribution in [0.1, 0.15) is 101 Å². The van der Waals surface area contributed by atoms with Crippen LogP contribution in [0.5, 0.6) is 0 Å². The van der Waals surface area contributed by atoms with Crippen molar-refractivity contribution in [2.24, 2.45) is 23.2 Å². The smallest absolute Gasteiger partial charge is 0.407 e. The molecule has 2 saturated carbocycles. The fraction of sp³-hybridized carbons (Fsp3) is 0.469. The number of benzene rings is 3. The monoisotopic (exact) mass is 922 g/mol. The molecule has 3 aliphatic carbocycles. The van der Waals surface area contributed by atoms with Crippen LogP contribution in [0.4, 0.5) is 18.4 Å². The number of likely N-dealkylation sites (tertiary alicyclic amines) is 2. The standard InChI is InChI=1S/C49H53ClF2N8O6/c1-23(2)37(56-46(63)65-5)44(61)59-22-48(15-16-48)21-36(59)42-55-39(41(50)58-42)27-9-13-31-30-12-8-25(18-32(30)49(51,52)33(31)19-27)26-10-14-34-35(20-26)54-43(53-34)40-28-7-11-29(17-28)60(40)45(62)38(24(3)4)57-47(64)66-6/h8-10,12-14,18-20,23-24,28-29,36-38,40H,7,11,15-17,21-22H2,1-6H3,(H,53,54)(H,55,58)(H,56,63)(H,57,64)/t28-,29+,36-,37-,38-,40-/m0/s1. The number of imidazole rings is 2. The molecule has 0 unspecified atom stereocenters. The third-order valence-electron chi connectivity index (χ3n) is 14.8. The second-order valence-corrected chi connectivity index (χ2v) is 19.9. The fourth-order valence-corrected chi connectivity index (χ4v) is 11.3. The SMILES string of the molecule is COC(=O)N[C@H](C(=O)N1CC2(CC2)C[C@H]1c1nc(-c2ccc3c(c2)C(F)(F)c2cc(-c4ccc5nc([C@@H]6[C@H]7CC[C@H](C7)N6C(=O)[C@@H](NC(=O)OC)C(C)C)[nH]c5c4)ccc2-3)c(Cl)[nH]1)C(C)C. The number of alkyl halides is 2. The zero-order chi connectivity index (χ0) is 46.6. The number of aromatic amines is 2. The van der Waals surface area contributed by atoms with Crippen LogP contribution in [0.25, 0.3) is 44.5 Å². The van der Waals surface area contributed by atoms with Crippen LogP contribution in [0.15, 0.2) is 54.6 Å². The number of nitrogens with zero attached hydrogens (tertiary/aromatic N) is 4. The molecule has 4 fully saturated rings. The zero-order valence-corrected chi connectivity index (χ0v) is 38.4. The lowest BCUT2D eigenvalue weighted by Gasteiger charge is -2.37. The summed E-state index contributed by atoms with van der Waals surface area (Å²) >= 11 is 6.81. The summed E-state index contributed by atoms with van der Waals surface area (Å²) in [7, 11) is 2.53. The Morgan fingerprint density at radius 3 is 2.03 bits per heavy atom. The van der Waals surface area contributed by atoms with Gasteiger partial charge in [-0.15, -0.1) is 0 Å². The zero-order valence-electron chi connectivity index (χ0n) is 37.6. The first-order valence-electron chi connectivity index (χ1n) is 22.8. The molecule has 2 bridgehead atoms. The van der Waals surface area contributed by atoms with Gasteiger partial charge in [-0.05, 0) is 108 Å². The highest BCUT2D eigenvalue weighted by Crippen LogP contribution is 2.59. The van der Waals surface area contributed by atoms with E-state index in [-0.39, 0.29) is 63.3 Å². The van der Waals surface area contributed by atoms with Crippen molar-refractivity contribution in [2.75, 3.05) is 20.8 Å². The van der Waals surface area contributed by atoms with Gasteiger partial charge in [-0.1, -0.05) is 69.6 Å². The number of fused-ring (bicyclic) bond motifs is 6. The second-order valence-electron chi connectivity index (χ2n) is 19.6. The fourth-order valence-electron chi connectivity index (χ4n) is 11.1. The summed E-state index contributed by atoms with van der Waals surface area (Å²) < 4.78 is 43.1. The summed E-state index contributed by atoms with van der Waals surface area (Å²) in [5.41, 5.74) is 4.00. The Kier molecular flexibility index (Phi) is 10.7. The number of rotatable bonds is 10. The summed E-state index contributed by atoms with van der Waals surface area (Å²) in [6.07, 6.45) is 3.94. The number of hydrogen-bond acceptors (Lipinski definition) is 8. The number of carbonyl (C=O) groups excluding carboxylic acids is 4. The molecule has 4 heterocycles. The molecule has 2 aliphatic heterocycles. The predicted octanol–water partition coefficient (Wildman–Crippen LogP) is 9.26. The summed E-state index contributed by atoms with van der Waals surface area (Å²) in [6.45, 7) is 8.00. The summed E-state index contributed by atoms with van der Waals surface area (Å²) in [4.78, 5) is 72.6. The second kappa shape index (κ2) is 16.1. The van der Waals surface area contributed by atoms with Gasteiger partial charge < -0.3 is 39.9 Å². The average Bonchev–Trinajstić information content (AvgIpc) is 3.91. The van der Waals surface area contributed by atoms with Crippen molar-refractivity contribution in [3.8, 4) is 33.5 Å². The number of halogens is 3. The summed E-state index contributed by atoms with van der Waals surface area (Å²) in [5, 5.41) is 5.59. The minimum Gasteiger partial charge on any atom is -0.453 e. The molecule has 14 nitrogen and oxygen atoms in total. The Morgan fingerprint density at radius 2 is 1.39 bits per heavy atom. The Balaban J connectivity index is 0.908. The van der Waals surface area contributed by atoms with Crippen LogP contribution in [0, 0.1) is 23.2 Å². The van der Waals surface area contributed by atoms with Crippen LogP contribution >= 0.6 is 11.6 Å². The quantitative estimate of drug-likeness (QED) is 0.107. The summed E-state index contributed by atoms with van der Waals surface area (Å²) in [6, 6.07) is 13.3. The van der Waals surface area contributed by atoms with Gasteiger partial charge in [0, 0.05) is 29.3 Å². The maximum atomic E-state index is 16.7. The molecular weight excluding hydrogens is 870 g/mol. The number of ether oxygens (including phenoxy) is 2. The number of nitrogens with one attached hydrogen (secondary N) is 4. The van der Waals surface area contributed by atoms with Crippen molar-refractivity contribution in [1.82, 2.24) is 40.4 Å². The number of piperidine rings is 1. The van der Waals surface area contributed by atoms with E-state index in [0.29, 0.717) is 58.1 Å². The van der Waals surface area contributed by atoms with Crippen molar-refractivity contribution in [3.63, 3.8) is 0 Å². The Bertz CT molecular complexity index is 2800. The highest BCUT2D eigenvalue weighted by Gasteiger charge is 2.56. The normalized spacial score (nSPS) is 22.8. The molecule has 1 spiro atoms. The third-order valence-corrected chi connectivity index (χ3v) is 15.0. The third kappa shape index (κ3) is 7.26. The Hall–Kier alpha value is -6.03. The molecule has 5 aliphatic rings. The lowest BCUT2D eigenvalue weighted by molar-refractivity contribution is -0.139. The molecule has 5 aromatic rings. The van der Waals surface area contributed by atoms with E-state index in [2.05, 4.69) is 20.6 Å². The van der Waals surface area contributed by atoms with Gasteiger partial charge in [-0.2, -0.15) is 8.78 Å². The number of amides is 4. The molecule has 0 radical (unpaired) electrons. The molecule has 346 valence electrons. The van der Waals surface area contributed by atoms with E-state index < -0.39 is 36.2 Å². The Morgan fingerprint density at radius 1 is 0.788 bits per heavy atom. The van der Waals surface area contributed by atoms with E-state index in [4.69, 9.17) is 31.0 Å². The van der Waals surface area contributed by atoms with Gasteiger partial charge in [0.1, 0.15) is 34.6 Å². The van der Waals surface area contributed by atoms with Gasteiger partial charge in [0.15, 0.2) is 0 Å². The van der Waals surface area contributed by atoms with Gasteiger partial charge in [-0.3, -0.25) is 9.59 Å². The Labute approximate surface area is 385 Å². The van der Waals surface area contributed by atoms with E-state index in [1.54, 1.807) is 29.2 Å². The number of H-pyrrole nitrogens is 2. The van der Waals surface area contributed by atoms with Crippen molar-refractivity contribution in [3.05, 3.63) is 82.5 Å². The van der Waals surface area contributed by atoms with Gasteiger partial charge in [0.2, 0.25) is 11.8 Å². The van der Waals surface area contributed by atoms with Gasteiger partial charge in [-0.25, -0.2) is 19.6 Å². The van der Waals surface area contributed by atoms with Crippen LogP contribution in [-0.4, -0.2) is 92.6 Å². The number of carbonyl (C=O) groups is 4. The van der Waals surface area contributed by atoms with Crippen molar-refractivity contribution < 1.29 is 37.4 Å². The minimum atomic E-state index is -3.34. The average molecular weight is 923 g/mol. The van der Waals surface area contributed by atoms with E-state index in [0.717, 1.165) is 43.2 Å². The largest absolute Gasteiger partial charge is 0.453 e. The van der Waals surface area contributed by atoms with Crippen molar-refractivity contribution >= 4 is 46.6 Å². The first-order chi connectivity index (χ1) is 31.5. The van der Waals surface area contributed by atoms with Crippen LogP contribution < -0.4 is 10.6 Å². The molecule has 66 heavy (non-hydrogen) atoms. The maximum Gasteiger partial charge on any atom is 0.407 e. The maximum absolute atomic E-state index is 16.7. The minimum absolute atomic E-state index is 0.0378. The molecule has 3 aromatic carbocycles. The van der Waals surface area contributed by atoms with Crippen LogP contribution in [0.2, 0.25) is 5.15 Å². The first-order valence-corrected chi connectivity index (χ1v) is 23.1. The molecule has 17 heteroatoms. The van der Waals surface area contributed by atoms with E-state index in [1.807, 2.05) is 56.9 Å². The summed E-state index contributed by atoms with van der Waals surface area (Å²) in [5.74, 6) is -2.80. The number of alkyl carbamates (subject to hydrolysis) is 2.